The van der Waals surface area contributed by atoms with E-state index in [1.54, 1.807) is 17.0 Å². The Hall–Kier alpha value is -3.17. The number of carbonyl (C=O) groups is 3. The number of halogens is 1. The van der Waals surface area contributed by atoms with Gasteiger partial charge in [-0.05, 0) is 84.4 Å². The van der Waals surface area contributed by atoms with E-state index in [-0.39, 0.29) is 24.0 Å². The highest BCUT2D eigenvalue weighted by molar-refractivity contribution is 9.10. The van der Waals surface area contributed by atoms with Crippen molar-refractivity contribution in [2.45, 2.75) is 51.8 Å². The van der Waals surface area contributed by atoms with Crippen molar-refractivity contribution < 1.29 is 23.9 Å². The first-order chi connectivity index (χ1) is 18.5. The normalized spacial score (nSPS) is 14.1. The summed E-state index contributed by atoms with van der Waals surface area (Å²) < 4.78 is 11.2. The monoisotopic (exact) mass is 612 g/mol. The summed E-state index contributed by atoms with van der Waals surface area (Å²) in [7, 11) is 1.37. The highest BCUT2D eigenvalue weighted by atomic mass is 79.9. The Bertz CT molecular complexity index is 1310. The smallest absolute Gasteiger partial charge is 0.410 e. The molecule has 0 bridgehead atoms. The molecule has 1 aliphatic rings. The fourth-order valence-electron chi connectivity index (χ4n) is 4.54. The average molecular weight is 614 g/mol. The molecule has 4 rings (SSSR count). The Labute approximate surface area is 241 Å². The van der Waals surface area contributed by atoms with Gasteiger partial charge in [0, 0.05) is 35.5 Å². The molecule has 1 aliphatic heterocycles. The molecule has 206 valence electrons. The summed E-state index contributed by atoms with van der Waals surface area (Å²) in [5, 5.41) is 1.91. The van der Waals surface area contributed by atoms with Gasteiger partial charge in [-0.2, -0.15) is 0 Å². The van der Waals surface area contributed by atoms with Crippen molar-refractivity contribution in [3.8, 4) is 11.1 Å². The summed E-state index contributed by atoms with van der Waals surface area (Å²) >= 11 is 4.88. The first-order valence-corrected chi connectivity index (χ1v) is 14.5. The number of nitrogens with zero attached hydrogens (tertiary/aromatic N) is 2. The Morgan fingerprint density at radius 2 is 1.59 bits per heavy atom. The molecule has 1 fully saturated rings. The van der Waals surface area contributed by atoms with Crippen LogP contribution in [-0.4, -0.2) is 59.6 Å². The van der Waals surface area contributed by atoms with Crippen molar-refractivity contribution in [1.82, 2.24) is 9.80 Å². The molecule has 0 radical (unpaired) electrons. The van der Waals surface area contributed by atoms with Crippen molar-refractivity contribution in [2.24, 2.45) is 0 Å². The van der Waals surface area contributed by atoms with Crippen molar-refractivity contribution >= 4 is 45.2 Å². The maximum atomic E-state index is 13.6. The fraction of sp³-hybridized carbons (Fsp3) is 0.367. The van der Waals surface area contributed by atoms with Crippen LogP contribution >= 0.6 is 27.3 Å². The molecule has 1 aromatic heterocycles. The average Bonchev–Trinajstić information content (AvgIpc) is 3.37. The predicted octanol–water partition coefficient (Wildman–Crippen LogP) is 7.01. The van der Waals surface area contributed by atoms with Gasteiger partial charge in [0.25, 0.3) is 5.91 Å². The molecule has 2 heterocycles. The SMILES string of the molecule is COC(=O)c1ccc(-c2ccc(CN(C(=O)c3cc(Br)cs3)C3CCN(C(=O)OC(C)(C)C)CC3)cc2)cc1. The van der Waals surface area contributed by atoms with E-state index in [0.29, 0.717) is 42.9 Å². The van der Waals surface area contributed by atoms with Crippen LogP contribution in [0, 0.1) is 0 Å². The minimum Gasteiger partial charge on any atom is -0.465 e. The number of methoxy groups -OCH3 is 1. The Morgan fingerprint density at radius 3 is 2.10 bits per heavy atom. The number of rotatable bonds is 6. The Balaban J connectivity index is 1.49. The van der Waals surface area contributed by atoms with Crippen molar-refractivity contribution in [3.05, 3.63) is 80.5 Å². The van der Waals surface area contributed by atoms with Crippen LogP contribution in [0.2, 0.25) is 0 Å². The Morgan fingerprint density at radius 1 is 1.00 bits per heavy atom. The summed E-state index contributed by atoms with van der Waals surface area (Å²) in [6.45, 7) is 7.13. The molecule has 0 aliphatic carbocycles. The lowest BCUT2D eigenvalue weighted by Crippen LogP contribution is -2.49. The van der Waals surface area contributed by atoms with Gasteiger partial charge in [-0.15, -0.1) is 11.3 Å². The van der Waals surface area contributed by atoms with E-state index in [1.807, 2.05) is 73.5 Å². The lowest BCUT2D eigenvalue weighted by Gasteiger charge is -2.39. The third-order valence-corrected chi connectivity index (χ3v) is 8.22. The molecule has 2 amide bonds. The zero-order valence-corrected chi connectivity index (χ0v) is 25.0. The van der Waals surface area contributed by atoms with Gasteiger partial charge in [0.2, 0.25) is 0 Å². The van der Waals surface area contributed by atoms with Gasteiger partial charge in [-0.3, -0.25) is 4.79 Å². The van der Waals surface area contributed by atoms with E-state index in [0.717, 1.165) is 21.2 Å². The summed E-state index contributed by atoms with van der Waals surface area (Å²) in [4.78, 5) is 42.3. The number of piperidine rings is 1. The first kappa shape index (κ1) is 28.8. The molecule has 0 N–H and O–H groups in total. The first-order valence-electron chi connectivity index (χ1n) is 12.8. The van der Waals surface area contributed by atoms with Crippen molar-refractivity contribution in [1.29, 1.82) is 0 Å². The van der Waals surface area contributed by atoms with Gasteiger partial charge in [-0.25, -0.2) is 9.59 Å². The van der Waals surface area contributed by atoms with E-state index >= 15 is 0 Å². The molecule has 9 heteroatoms. The summed E-state index contributed by atoms with van der Waals surface area (Å²) in [6.07, 6.45) is 1.06. The molecule has 3 aromatic rings. The maximum absolute atomic E-state index is 13.6. The third kappa shape index (κ3) is 7.48. The number of carbonyl (C=O) groups excluding carboxylic acids is 3. The summed E-state index contributed by atoms with van der Waals surface area (Å²) in [5.74, 6) is -0.375. The number of hydrogen-bond acceptors (Lipinski definition) is 6. The zero-order chi connectivity index (χ0) is 28.2. The second-order valence-electron chi connectivity index (χ2n) is 10.5. The van der Waals surface area contributed by atoms with E-state index in [9.17, 15) is 14.4 Å². The molecule has 0 spiro atoms. The molecular formula is C30H33BrN2O5S. The minimum atomic E-state index is -0.544. The standard InChI is InChI=1S/C30H33BrN2O5S/c1-30(2,3)38-29(36)32-15-13-25(14-16-32)33(27(34)26-17-24(31)19-39-26)18-20-5-7-21(8-6-20)22-9-11-23(12-10-22)28(35)37-4/h5-12,17,19,25H,13-16,18H2,1-4H3. The molecular weight excluding hydrogens is 580 g/mol. The number of thiophene rings is 1. The molecule has 39 heavy (non-hydrogen) atoms. The number of hydrogen-bond donors (Lipinski definition) is 0. The van der Waals surface area contributed by atoms with Crippen LogP contribution < -0.4 is 0 Å². The van der Waals surface area contributed by atoms with Gasteiger partial charge >= 0.3 is 12.1 Å². The summed E-state index contributed by atoms with van der Waals surface area (Å²) in [5.41, 5.74) is 2.98. The van der Waals surface area contributed by atoms with E-state index in [4.69, 9.17) is 9.47 Å². The second kappa shape index (κ2) is 12.3. The number of likely N-dealkylation sites (tertiary alicyclic amines) is 1. The lowest BCUT2D eigenvalue weighted by molar-refractivity contribution is 0.0142. The van der Waals surface area contributed by atoms with Crippen LogP contribution in [0.15, 0.2) is 64.5 Å². The fourth-order valence-corrected chi connectivity index (χ4v) is 5.92. The van der Waals surface area contributed by atoms with Crippen molar-refractivity contribution in [3.63, 3.8) is 0 Å². The van der Waals surface area contributed by atoms with Crippen LogP contribution in [-0.2, 0) is 16.0 Å². The molecule has 2 aromatic carbocycles. The molecule has 0 atom stereocenters. The predicted molar refractivity (Wildman–Crippen MR) is 156 cm³/mol. The van der Waals surface area contributed by atoms with Crippen LogP contribution in [0.25, 0.3) is 11.1 Å². The summed E-state index contributed by atoms with van der Waals surface area (Å²) in [6, 6.07) is 17.3. The van der Waals surface area contributed by atoms with Crippen LogP contribution in [0.5, 0.6) is 0 Å². The van der Waals surface area contributed by atoms with Gasteiger partial charge < -0.3 is 19.3 Å². The maximum Gasteiger partial charge on any atom is 0.410 e. The van der Waals surface area contributed by atoms with Crippen LogP contribution in [0.4, 0.5) is 4.79 Å². The molecule has 0 saturated carbocycles. The lowest BCUT2D eigenvalue weighted by atomic mass is 10.00. The number of ether oxygens (including phenoxy) is 2. The highest BCUT2D eigenvalue weighted by Crippen LogP contribution is 2.28. The number of esters is 1. The number of benzene rings is 2. The topological polar surface area (TPSA) is 76.2 Å². The van der Waals surface area contributed by atoms with Gasteiger partial charge in [0.05, 0.1) is 17.6 Å². The minimum absolute atomic E-state index is 0.00241. The third-order valence-electron chi connectivity index (χ3n) is 6.54. The van der Waals surface area contributed by atoms with Gasteiger partial charge in [0.15, 0.2) is 0 Å². The largest absolute Gasteiger partial charge is 0.465 e. The molecule has 1 saturated heterocycles. The second-order valence-corrected chi connectivity index (χ2v) is 12.4. The van der Waals surface area contributed by atoms with Crippen LogP contribution in [0.1, 0.15) is 59.2 Å². The van der Waals surface area contributed by atoms with Gasteiger partial charge in [0.1, 0.15) is 5.60 Å². The number of amides is 2. The van der Waals surface area contributed by atoms with Crippen molar-refractivity contribution in [2.75, 3.05) is 20.2 Å². The van der Waals surface area contributed by atoms with E-state index in [2.05, 4.69) is 15.9 Å². The molecule has 7 nitrogen and oxygen atoms in total. The van der Waals surface area contributed by atoms with E-state index < -0.39 is 5.60 Å². The van der Waals surface area contributed by atoms with Crippen LogP contribution in [0.3, 0.4) is 0 Å². The quantitative estimate of drug-likeness (QED) is 0.280. The van der Waals surface area contributed by atoms with Gasteiger partial charge in [-0.1, -0.05) is 36.4 Å². The Kier molecular flexibility index (Phi) is 9.12. The van der Waals surface area contributed by atoms with E-state index in [1.165, 1.54) is 18.4 Å². The highest BCUT2D eigenvalue weighted by Gasteiger charge is 2.32. The molecule has 0 unspecified atom stereocenters. The zero-order valence-electron chi connectivity index (χ0n) is 22.6.